The molecule has 28 heavy (non-hydrogen) atoms. The Morgan fingerprint density at radius 2 is 1.75 bits per heavy atom. The lowest BCUT2D eigenvalue weighted by Gasteiger charge is -2.34. The zero-order valence-corrected chi connectivity index (χ0v) is 17.1. The normalized spacial score (nSPS) is 15.8. The van der Waals surface area contributed by atoms with E-state index in [0.29, 0.717) is 12.5 Å². The van der Waals surface area contributed by atoms with Gasteiger partial charge in [-0.25, -0.2) is 4.79 Å². The van der Waals surface area contributed by atoms with E-state index in [1.54, 1.807) is 7.05 Å². The number of carbonyl (C=O) groups is 1. The minimum absolute atomic E-state index is 0.00416. The zero-order valence-electron chi connectivity index (χ0n) is 17.1. The van der Waals surface area contributed by atoms with Gasteiger partial charge in [-0.2, -0.15) is 0 Å². The van der Waals surface area contributed by atoms with Crippen molar-refractivity contribution < 1.29 is 9.53 Å². The van der Waals surface area contributed by atoms with Gasteiger partial charge in [-0.05, 0) is 68.0 Å². The van der Waals surface area contributed by atoms with Gasteiger partial charge in [-0.1, -0.05) is 24.3 Å². The van der Waals surface area contributed by atoms with E-state index in [9.17, 15) is 4.79 Å². The molecule has 1 aliphatic rings. The molecule has 0 saturated carbocycles. The van der Waals surface area contributed by atoms with Crippen LogP contribution in [0.15, 0.2) is 48.5 Å². The van der Waals surface area contributed by atoms with Gasteiger partial charge in [0, 0.05) is 25.8 Å². The molecule has 0 spiro atoms. The van der Waals surface area contributed by atoms with Crippen molar-refractivity contribution in [3.05, 3.63) is 59.7 Å². The van der Waals surface area contributed by atoms with Crippen LogP contribution in [0.4, 0.5) is 10.5 Å². The average Bonchev–Trinajstić information content (AvgIpc) is 2.74. The van der Waals surface area contributed by atoms with Gasteiger partial charge in [0.1, 0.15) is 5.75 Å². The fraction of sp³-hybridized carbons (Fsp3) is 0.435. The van der Waals surface area contributed by atoms with E-state index in [1.165, 1.54) is 11.3 Å². The molecule has 0 bridgehead atoms. The van der Waals surface area contributed by atoms with Crippen molar-refractivity contribution in [3.63, 3.8) is 0 Å². The monoisotopic (exact) mass is 381 g/mol. The number of carbonyl (C=O) groups excluding carboxylic acids is 1. The molecule has 1 heterocycles. The van der Waals surface area contributed by atoms with Crippen LogP contribution < -0.4 is 20.3 Å². The second-order valence-corrected chi connectivity index (χ2v) is 7.30. The number of anilines is 1. The highest BCUT2D eigenvalue weighted by Crippen LogP contribution is 2.31. The molecule has 1 fully saturated rings. The van der Waals surface area contributed by atoms with Crippen molar-refractivity contribution in [2.45, 2.75) is 38.6 Å². The van der Waals surface area contributed by atoms with E-state index in [0.717, 1.165) is 37.2 Å². The minimum atomic E-state index is -0.154. The Labute approximate surface area is 168 Å². The number of piperidine rings is 1. The summed E-state index contributed by atoms with van der Waals surface area (Å²) in [4.78, 5) is 13.9. The number of urea groups is 1. The Morgan fingerprint density at radius 3 is 2.32 bits per heavy atom. The highest BCUT2D eigenvalue weighted by molar-refractivity contribution is 5.73. The lowest BCUT2D eigenvalue weighted by atomic mass is 9.88. The molecule has 5 heteroatoms. The summed E-state index contributed by atoms with van der Waals surface area (Å²) in [5.74, 6) is 1.52. The molecule has 150 valence electrons. The summed E-state index contributed by atoms with van der Waals surface area (Å²) in [6.45, 7) is 6.83. The van der Waals surface area contributed by atoms with Crippen molar-refractivity contribution in [2.75, 3.05) is 31.6 Å². The molecule has 0 unspecified atom stereocenters. The Balaban J connectivity index is 1.55. The Kier molecular flexibility index (Phi) is 6.80. The molecule has 1 saturated heterocycles. The molecule has 2 N–H and O–H groups in total. The number of rotatable bonds is 6. The molecule has 2 aromatic rings. The number of nitrogens with zero attached hydrogens (tertiary/aromatic N) is 1. The summed E-state index contributed by atoms with van der Waals surface area (Å²) < 4.78 is 5.53. The molecule has 0 aliphatic carbocycles. The number of amides is 2. The topological polar surface area (TPSA) is 53.6 Å². The lowest BCUT2D eigenvalue weighted by Crippen LogP contribution is -2.34. The standard InChI is InChI=1S/C23H31N3O2/c1-4-28-22-11-9-21(10-12-22)26-15-13-20(14-16-26)19-7-5-18(6-8-19)17(2)25-23(27)24-3/h5-12,17,20H,4,13-16H2,1-3H3,(H2,24,25,27)/t17-/m0/s1. The summed E-state index contributed by atoms with van der Waals surface area (Å²) in [5.41, 5.74) is 3.78. The van der Waals surface area contributed by atoms with Crippen LogP contribution >= 0.6 is 0 Å². The first-order valence-electron chi connectivity index (χ1n) is 10.2. The maximum Gasteiger partial charge on any atom is 0.315 e. The van der Waals surface area contributed by atoms with Gasteiger partial charge in [0.25, 0.3) is 0 Å². The van der Waals surface area contributed by atoms with E-state index in [-0.39, 0.29) is 12.1 Å². The summed E-state index contributed by atoms with van der Waals surface area (Å²) >= 11 is 0. The summed E-state index contributed by atoms with van der Waals surface area (Å²) in [6, 6.07) is 17.0. The quantitative estimate of drug-likeness (QED) is 0.777. The van der Waals surface area contributed by atoms with Crippen molar-refractivity contribution in [2.24, 2.45) is 0 Å². The zero-order chi connectivity index (χ0) is 19.9. The highest BCUT2D eigenvalue weighted by Gasteiger charge is 2.21. The van der Waals surface area contributed by atoms with Crippen molar-refractivity contribution in [3.8, 4) is 5.75 Å². The van der Waals surface area contributed by atoms with E-state index in [1.807, 2.05) is 13.8 Å². The van der Waals surface area contributed by atoms with Crippen LogP contribution in [0, 0.1) is 0 Å². The molecular formula is C23H31N3O2. The first kappa shape index (κ1) is 20.1. The first-order chi connectivity index (χ1) is 13.6. The molecule has 5 nitrogen and oxygen atoms in total. The second-order valence-electron chi connectivity index (χ2n) is 7.30. The number of hydrogen-bond donors (Lipinski definition) is 2. The molecule has 0 aromatic heterocycles. The van der Waals surface area contributed by atoms with Crippen molar-refractivity contribution in [1.82, 2.24) is 10.6 Å². The molecule has 1 aliphatic heterocycles. The maximum absolute atomic E-state index is 11.5. The third kappa shape index (κ3) is 4.97. The SMILES string of the molecule is CCOc1ccc(N2CCC(c3ccc([C@H](C)NC(=O)NC)cc3)CC2)cc1. The number of benzene rings is 2. The van der Waals surface area contributed by atoms with E-state index in [4.69, 9.17) is 4.74 Å². The van der Waals surface area contributed by atoms with Crippen LogP contribution in [0.2, 0.25) is 0 Å². The van der Waals surface area contributed by atoms with E-state index >= 15 is 0 Å². The van der Waals surface area contributed by atoms with E-state index < -0.39 is 0 Å². The number of ether oxygens (including phenoxy) is 1. The number of nitrogens with one attached hydrogen (secondary N) is 2. The van der Waals surface area contributed by atoms with Gasteiger partial charge in [-0.3, -0.25) is 0 Å². The number of hydrogen-bond acceptors (Lipinski definition) is 3. The predicted octanol–water partition coefficient (Wildman–Crippen LogP) is 4.46. The van der Waals surface area contributed by atoms with Crippen LogP contribution in [0.3, 0.4) is 0 Å². The van der Waals surface area contributed by atoms with Crippen LogP contribution in [0.1, 0.15) is 49.8 Å². The highest BCUT2D eigenvalue weighted by atomic mass is 16.5. The van der Waals surface area contributed by atoms with Crippen LogP contribution in [0.25, 0.3) is 0 Å². The fourth-order valence-electron chi connectivity index (χ4n) is 3.80. The van der Waals surface area contributed by atoms with E-state index in [2.05, 4.69) is 64.1 Å². The van der Waals surface area contributed by atoms with Gasteiger partial charge in [-0.15, -0.1) is 0 Å². The van der Waals surface area contributed by atoms with Crippen molar-refractivity contribution in [1.29, 1.82) is 0 Å². The summed E-state index contributed by atoms with van der Waals surface area (Å²) in [7, 11) is 1.63. The molecule has 2 amide bonds. The second kappa shape index (κ2) is 9.49. The van der Waals surface area contributed by atoms with Crippen LogP contribution in [0.5, 0.6) is 5.75 Å². The Hall–Kier alpha value is -2.69. The summed E-state index contributed by atoms with van der Waals surface area (Å²) in [5, 5.41) is 5.51. The van der Waals surface area contributed by atoms with Crippen LogP contribution in [-0.2, 0) is 0 Å². The smallest absolute Gasteiger partial charge is 0.315 e. The fourth-order valence-corrected chi connectivity index (χ4v) is 3.80. The Morgan fingerprint density at radius 1 is 1.11 bits per heavy atom. The minimum Gasteiger partial charge on any atom is -0.494 e. The summed E-state index contributed by atoms with van der Waals surface area (Å²) in [6.07, 6.45) is 2.30. The maximum atomic E-state index is 11.5. The average molecular weight is 382 g/mol. The third-order valence-electron chi connectivity index (χ3n) is 5.49. The van der Waals surface area contributed by atoms with Crippen molar-refractivity contribution >= 4 is 11.7 Å². The van der Waals surface area contributed by atoms with Gasteiger partial charge < -0.3 is 20.3 Å². The molecule has 0 radical (unpaired) electrons. The first-order valence-corrected chi connectivity index (χ1v) is 10.2. The molecular weight excluding hydrogens is 350 g/mol. The molecule has 3 rings (SSSR count). The Bertz CT molecular complexity index is 750. The van der Waals surface area contributed by atoms with Gasteiger partial charge in [0.2, 0.25) is 0 Å². The molecule has 2 aromatic carbocycles. The van der Waals surface area contributed by atoms with Crippen LogP contribution in [-0.4, -0.2) is 32.8 Å². The van der Waals surface area contributed by atoms with Gasteiger partial charge in [0.15, 0.2) is 0 Å². The lowest BCUT2D eigenvalue weighted by molar-refractivity contribution is 0.240. The third-order valence-corrected chi connectivity index (χ3v) is 5.49. The van der Waals surface area contributed by atoms with Gasteiger partial charge >= 0.3 is 6.03 Å². The predicted molar refractivity (Wildman–Crippen MR) is 114 cm³/mol. The largest absolute Gasteiger partial charge is 0.494 e. The molecule has 1 atom stereocenters. The van der Waals surface area contributed by atoms with Gasteiger partial charge in [0.05, 0.1) is 12.6 Å².